The molecule has 1 fully saturated rings. The maximum Gasteiger partial charge on any atom is 0.299 e. The molecule has 3 N–H and O–H groups in total. The second-order valence-electron chi connectivity index (χ2n) is 6.72. The first-order valence-corrected chi connectivity index (χ1v) is 9.01. The molecule has 3 rings (SSSR count). The molecule has 0 unspecified atom stereocenters. The first-order chi connectivity index (χ1) is 13.9. The van der Waals surface area contributed by atoms with Crippen LogP contribution in [0.4, 0.5) is 22.9 Å². The van der Waals surface area contributed by atoms with Crippen molar-refractivity contribution in [3.63, 3.8) is 0 Å². The van der Waals surface area contributed by atoms with Crippen molar-refractivity contribution in [1.29, 1.82) is 0 Å². The molecule has 0 spiro atoms. The highest BCUT2D eigenvalue weighted by Gasteiger charge is 2.25. The molecule has 1 aliphatic rings. The summed E-state index contributed by atoms with van der Waals surface area (Å²) in [4.78, 5) is 38.7. The lowest BCUT2D eigenvalue weighted by molar-refractivity contribution is -0.393. The fraction of sp³-hybridized carbons (Fsp3) is 0.333. The number of primary amides is 1. The lowest BCUT2D eigenvalue weighted by atomic mass is 9.96. The van der Waals surface area contributed by atoms with Crippen molar-refractivity contribution in [2.45, 2.75) is 19.4 Å². The Bertz CT molecular complexity index is 942. The van der Waals surface area contributed by atoms with Crippen molar-refractivity contribution in [2.75, 3.05) is 23.3 Å². The van der Waals surface area contributed by atoms with Crippen molar-refractivity contribution >= 4 is 28.8 Å². The second-order valence-corrected chi connectivity index (χ2v) is 6.72. The van der Waals surface area contributed by atoms with E-state index in [4.69, 9.17) is 5.73 Å². The minimum atomic E-state index is -0.675. The number of nitrogens with two attached hydrogens (primary N) is 1. The van der Waals surface area contributed by atoms with E-state index in [-0.39, 0.29) is 35.4 Å². The van der Waals surface area contributed by atoms with Crippen LogP contribution in [0, 0.1) is 26.1 Å². The summed E-state index contributed by atoms with van der Waals surface area (Å²) >= 11 is 0. The molecule has 1 saturated heterocycles. The number of piperidine rings is 1. The molecule has 0 bridgehead atoms. The topological polar surface area (TPSA) is 158 Å². The predicted molar refractivity (Wildman–Crippen MR) is 105 cm³/mol. The number of hydrogen-bond donors (Lipinski definition) is 2. The van der Waals surface area contributed by atoms with Crippen LogP contribution in [0.5, 0.6) is 0 Å². The second kappa shape index (κ2) is 8.50. The molecule has 29 heavy (non-hydrogen) atoms. The number of rotatable bonds is 7. The third-order valence-electron chi connectivity index (χ3n) is 4.92. The minimum absolute atomic E-state index is 0.140. The normalized spacial score (nSPS) is 14.4. The number of non-ortho nitro benzene ring substituents is 1. The number of nitrogens with one attached hydrogen (secondary N) is 1. The van der Waals surface area contributed by atoms with Gasteiger partial charge in [0.05, 0.1) is 15.9 Å². The number of nitro groups is 2. The van der Waals surface area contributed by atoms with Crippen LogP contribution in [-0.4, -0.2) is 33.8 Å². The fourth-order valence-electron chi connectivity index (χ4n) is 3.35. The Morgan fingerprint density at radius 3 is 2.55 bits per heavy atom. The fourth-order valence-corrected chi connectivity index (χ4v) is 3.35. The standard InChI is InChI=1S/C18H20N6O5/c19-17(25)12-5-8-22(9-6-12)18-13(2-1-7-20-18)11-21-15-4-3-14(23(26)27)10-16(15)24(28)29/h1-4,7,10,12,21H,5-6,8-9,11H2,(H2,19,25). The Balaban J connectivity index is 1.76. The SMILES string of the molecule is NC(=O)C1CCN(c2ncccc2CNc2ccc([N+](=O)[O-])cc2[N+](=O)[O-])CC1. The van der Waals surface area contributed by atoms with Gasteiger partial charge in [-0.2, -0.15) is 0 Å². The maximum atomic E-state index is 11.4. The highest BCUT2D eigenvalue weighted by atomic mass is 16.6. The summed E-state index contributed by atoms with van der Waals surface area (Å²) in [5, 5.41) is 25.1. The first-order valence-electron chi connectivity index (χ1n) is 9.01. The van der Waals surface area contributed by atoms with Gasteiger partial charge in [-0.25, -0.2) is 4.98 Å². The lowest BCUT2D eigenvalue weighted by Gasteiger charge is -2.32. The van der Waals surface area contributed by atoms with Gasteiger partial charge in [0, 0.05) is 43.4 Å². The molecule has 1 aromatic carbocycles. The number of benzene rings is 1. The number of carbonyl (C=O) groups is 1. The number of pyridine rings is 1. The Labute approximate surface area is 165 Å². The van der Waals surface area contributed by atoms with Gasteiger partial charge in [0.2, 0.25) is 5.91 Å². The number of nitrogens with zero attached hydrogens (tertiary/aromatic N) is 4. The zero-order chi connectivity index (χ0) is 21.0. The van der Waals surface area contributed by atoms with E-state index < -0.39 is 9.85 Å². The summed E-state index contributed by atoms with van der Waals surface area (Å²) < 4.78 is 0. The summed E-state index contributed by atoms with van der Waals surface area (Å²) in [6.07, 6.45) is 2.95. The maximum absolute atomic E-state index is 11.4. The van der Waals surface area contributed by atoms with Crippen LogP contribution >= 0.6 is 0 Å². The molecule has 0 saturated carbocycles. The van der Waals surface area contributed by atoms with E-state index in [0.717, 1.165) is 17.4 Å². The summed E-state index contributed by atoms with van der Waals surface area (Å²) in [6.45, 7) is 1.52. The summed E-state index contributed by atoms with van der Waals surface area (Å²) in [5.41, 5.74) is 5.67. The number of aromatic nitrogens is 1. The quantitative estimate of drug-likeness (QED) is 0.529. The molecular formula is C18H20N6O5. The van der Waals surface area contributed by atoms with Gasteiger partial charge in [0.1, 0.15) is 11.5 Å². The monoisotopic (exact) mass is 400 g/mol. The molecule has 2 heterocycles. The van der Waals surface area contributed by atoms with Crippen molar-refractivity contribution in [2.24, 2.45) is 11.7 Å². The third-order valence-corrected chi connectivity index (χ3v) is 4.92. The van der Waals surface area contributed by atoms with Crippen LogP contribution in [0.3, 0.4) is 0 Å². The van der Waals surface area contributed by atoms with Crippen molar-refractivity contribution in [3.05, 3.63) is 62.3 Å². The summed E-state index contributed by atoms with van der Waals surface area (Å²) in [7, 11) is 0. The molecule has 1 aliphatic heterocycles. The highest BCUT2D eigenvalue weighted by molar-refractivity contribution is 5.77. The molecule has 11 nitrogen and oxygen atoms in total. The van der Waals surface area contributed by atoms with Gasteiger partial charge in [0.25, 0.3) is 11.4 Å². The lowest BCUT2D eigenvalue weighted by Crippen LogP contribution is -2.39. The number of amides is 1. The largest absolute Gasteiger partial charge is 0.375 e. The molecule has 0 atom stereocenters. The van der Waals surface area contributed by atoms with E-state index in [1.807, 2.05) is 6.07 Å². The highest BCUT2D eigenvalue weighted by Crippen LogP contribution is 2.30. The van der Waals surface area contributed by atoms with Gasteiger partial charge in [-0.15, -0.1) is 0 Å². The average Bonchev–Trinajstić information content (AvgIpc) is 2.72. The Hall–Kier alpha value is -3.76. The van der Waals surface area contributed by atoms with Crippen LogP contribution in [-0.2, 0) is 11.3 Å². The number of anilines is 2. The molecule has 2 aromatic rings. The van der Waals surface area contributed by atoms with Gasteiger partial charge in [-0.3, -0.25) is 25.0 Å². The van der Waals surface area contributed by atoms with Gasteiger partial charge < -0.3 is 16.0 Å². The molecule has 152 valence electrons. The van der Waals surface area contributed by atoms with Crippen LogP contribution < -0.4 is 16.0 Å². The summed E-state index contributed by atoms with van der Waals surface area (Å²) in [6, 6.07) is 7.09. The van der Waals surface area contributed by atoms with E-state index in [1.54, 1.807) is 12.3 Å². The van der Waals surface area contributed by atoms with Crippen molar-refractivity contribution in [1.82, 2.24) is 4.98 Å². The van der Waals surface area contributed by atoms with Gasteiger partial charge in [-0.05, 0) is 25.0 Å². The third kappa shape index (κ3) is 4.57. The van der Waals surface area contributed by atoms with Crippen LogP contribution in [0.1, 0.15) is 18.4 Å². The molecule has 11 heteroatoms. The molecule has 1 amide bonds. The Kier molecular flexibility index (Phi) is 5.86. The van der Waals surface area contributed by atoms with Crippen molar-refractivity contribution in [3.8, 4) is 0 Å². The van der Waals surface area contributed by atoms with Gasteiger partial charge in [0.15, 0.2) is 0 Å². The minimum Gasteiger partial charge on any atom is -0.375 e. The van der Waals surface area contributed by atoms with Crippen LogP contribution in [0.2, 0.25) is 0 Å². The zero-order valence-electron chi connectivity index (χ0n) is 15.5. The van der Waals surface area contributed by atoms with E-state index in [2.05, 4.69) is 15.2 Å². The Morgan fingerprint density at radius 1 is 1.21 bits per heavy atom. The Morgan fingerprint density at radius 2 is 1.93 bits per heavy atom. The van der Waals surface area contributed by atoms with Gasteiger partial charge >= 0.3 is 0 Å². The smallest absolute Gasteiger partial charge is 0.299 e. The van der Waals surface area contributed by atoms with E-state index in [0.29, 0.717) is 25.9 Å². The number of carbonyl (C=O) groups excluding carboxylic acids is 1. The molecule has 0 radical (unpaired) electrons. The summed E-state index contributed by atoms with van der Waals surface area (Å²) in [5.74, 6) is 0.296. The van der Waals surface area contributed by atoms with Gasteiger partial charge in [-0.1, -0.05) is 6.07 Å². The van der Waals surface area contributed by atoms with E-state index >= 15 is 0 Å². The van der Waals surface area contributed by atoms with Crippen LogP contribution in [0.25, 0.3) is 0 Å². The molecular weight excluding hydrogens is 380 g/mol. The predicted octanol–water partition coefficient (Wildman–Crippen LogP) is 2.21. The number of hydrogen-bond acceptors (Lipinski definition) is 8. The molecule has 0 aliphatic carbocycles. The van der Waals surface area contributed by atoms with E-state index in [9.17, 15) is 25.0 Å². The van der Waals surface area contributed by atoms with Crippen LogP contribution in [0.15, 0.2) is 36.5 Å². The number of nitro benzene ring substituents is 2. The molecule has 1 aromatic heterocycles. The van der Waals surface area contributed by atoms with Crippen molar-refractivity contribution < 1.29 is 14.6 Å². The first kappa shape index (κ1) is 20.0. The average molecular weight is 400 g/mol. The van der Waals surface area contributed by atoms with E-state index in [1.165, 1.54) is 12.1 Å². The zero-order valence-corrected chi connectivity index (χ0v) is 15.5.